The average molecular weight is 385 g/mol. The molecule has 5 rings (SSSR count). The number of allylic oxidation sites excluding steroid dienone is 3. The van der Waals surface area contributed by atoms with Crippen LogP contribution in [0.5, 0.6) is 0 Å². The molecule has 2 N–H and O–H groups in total. The Balaban J connectivity index is 1.67. The van der Waals surface area contributed by atoms with Gasteiger partial charge in [-0.05, 0) is 42.5 Å². The van der Waals surface area contributed by atoms with E-state index in [1.807, 2.05) is 0 Å². The first-order valence-electron chi connectivity index (χ1n) is 10.4. The number of hydrogen-bond donors (Lipinski definition) is 2. The standard InChI is InChI=1S/C25H28N4/c1-24(2)14-20-12-18-7-8-19(27-18)13-23-25(3,4)15-21(29-23)11-17-6-5-16(26-17)9-10-22(24)28-20/h5-8,10-13,26-27H,9,14-15H2,1-4H3/b18-12-,19-13-,21-11-,22-10-. The molecule has 0 unspecified atom stereocenters. The van der Waals surface area contributed by atoms with Crippen LogP contribution in [-0.4, -0.2) is 21.4 Å². The third-order valence-electron chi connectivity index (χ3n) is 6.11. The Bertz CT molecular complexity index is 1220. The fourth-order valence-electron chi connectivity index (χ4n) is 4.47. The summed E-state index contributed by atoms with van der Waals surface area (Å²) < 4.78 is 0. The molecule has 0 radical (unpaired) electrons. The second-order valence-electron chi connectivity index (χ2n) is 9.75. The lowest BCUT2D eigenvalue weighted by molar-refractivity contribution is 0.483. The second kappa shape index (κ2) is 6.31. The van der Waals surface area contributed by atoms with Crippen LogP contribution in [0.2, 0.25) is 0 Å². The van der Waals surface area contributed by atoms with Crippen molar-refractivity contribution in [3.8, 4) is 0 Å². The molecule has 0 amide bonds. The van der Waals surface area contributed by atoms with Gasteiger partial charge < -0.3 is 9.97 Å². The van der Waals surface area contributed by atoms with E-state index in [1.165, 1.54) is 11.4 Å². The predicted octanol–water partition coefficient (Wildman–Crippen LogP) is 4.13. The molecular weight excluding hydrogens is 356 g/mol. The average Bonchev–Trinajstić information content (AvgIpc) is 3.36. The summed E-state index contributed by atoms with van der Waals surface area (Å²) in [4.78, 5) is 17.0. The molecule has 2 aromatic rings. The Hall–Kier alpha value is -2.88. The number of nitrogens with one attached hydrogen (secondary N) is 2. The zero-order chi connectivity index (χ0) is 20.2. The van der Waals surface area contributed by atoms with Crippen molar-refractivity contribution in [3.05, 3.63) is 63.8 Å². The van der Waals surface area contributed by atoms with Crippen molar-refractivity contribution >= 4 is 29.7 Å². The highest BCUT2D eigenvalue weighted by Crippen LogP contribution is 2.38. The summed E-state index contributed by atoms with van der Waals surface area (Å²) in [5.74, 6) is 0. The number of hydrogen-bond acceptors (Lipinski definition) is 2. The normalized spacial score (nSPS) is 27.9. The van der Waals surface area contributed by atoms with Crippen molar-refractivity contribution in [1.82, 2.24) is 9.97 Å². The van der Waals surface area contributed by atoms with Gasteiger partial charge in [0.1, 0.15) is 0 Å². The number of nitrogens with zero attached hydrogens (tertiary/aromatic N) is 2. The second-order valence-corrected chi connectivity index (χ2v) is 9.75. The number of aromatic nitrogens is 2. The third kappa shape index (κ3) is 3.48. The molecule has 3 aliphatic rings. The fourth-order valence-corrected chi connectivity index (χ4v) is 4.47. The molecule has 5 heterocycles. The third-order valence-corrected chi connectivity index (χ3v) is 6.11. The van der Waals surface area contributed by atoms with Crippen LogP contribution in [0, 0.1) is 10.8 Å². The zero-order valence-corrected chi connectivity index (χ0v) is 17.6. The maximum Gasteiger partial charge on any atom is 0.0487 e. The first kappa shape index (κ1) is 18.2. The Morgan fingerprint density at radius 2 is 1.59 bits per heavy atom. The van der Waals surface area contributed by atoms with E-state index >= 15 is 0 Å². The van der Waals surface area contributed by atoms with Gasteiger partial charge in [-0.25, -0.2) is 0 Å². The van der Waals surface area contributed by atoms with Crippen LogP contribution < -0.4 is 10.7 Å². The van der Waals surface area contributed by atoms with Crippen LogP contribution in [0.25, 0.3) is 18.2 Å². The molecular formula is C25H28N4. The van der Waals surface area contributed by atoms with Crippen LogP contribution in [-0.2, 0) is 6.42 Å². The zero-order valence-electron chi connectivity index (χ0n) is 17.6. The van der Waals surface area contributed by atoms with Gasteiger partial charge in [0.25, 0.3) is 0 Å². The SMILES string of the molecule is CC1(C)C/C2=C/c3ccc([nH]3)C/C=C3N=C(/C=c4/cc/c([nH]4)=C/C1=N2)CC\3(C)C. The predicted molar refractivity (Wildman–Crippen MR) is 121 cm³/mol. The highest BCUT2D eigenvalue weighted by molar-refractivity contribution is 6.15. The van der Waals surface area contributed by atoms with Crippen molar-refractivity contribution in [2.75, 3.05) is 0 Å². The summed E-state index contributed by atoms with van der Waals surface area (Å²) in [6.45, 7) is 9.08. The summed E-state index contributed by atoms with van der Waals surface area (Å²) >= 11 is 0. The van der Waals surface area contributed by atoms with Crippen molar-refractivity contribution in [2.24, 2.45) is 20.8 Å². The molecule has 3 aliphatic heterocycles. The van der Waals surface area contributed by atoms with E-state index < -0.39 is 0 Å². The first-order valence-corrected chi connectivity index (χ1v) is 10.4. The topological polar surface area (TPSA) is 56.3 Å². The molecule has 0 saturated carbocycles. The van der Waals surface area contributed by atoms with E-state index in [1.54, 1.807) is 0 Å². The summed E-state index contributed by atoms with van der Waals surface area (Å²) in [6, 6.07) is 8.57. The van der Waals surface area contributed by atoms with Crippen LogP contribution in [0.3, 0.4) is 0 Å². The highest BCUT2D eigenvalue weighted by atomic mass is 14.9. The summed E-state index contributed by atoms with van der Waals surface area (Å²) in [6.07, 6.45) is 11.6. The molecule has 0 saturated heterocycles. The van der Waals surface area contributed by atoms with E-state index in [0.717, 1.165) is 52.8 Å². The maximum atomic E-state index is 4.95. The van der Waals surface area contributed by atoms with Gasteiger partial charge in [-0.1, -0.05) is 33.8 Å². The first-order chi connectivity index (χ1) is 13.8. The summed E-state index contributed by atoms with van der Waals surface area (Å²) in [7, 11) is 0. The largest absolute Gasteiger partial charge is 0.359 e. The van der Waals surface area contributed by atoms with Crippen molar-refractivity contribution < 1.29 is 0 Å². The van der Waals surface area contributed by atoms with Crippen LogP contribution >= 0.6 is 0 Å². The van der Waals surface area contributed by atoms with Gasteiger partial charge in [0.2, 0.25) is 0 Å². The highest BCUT2D eigenvalue weighted by Gasteiger charge is 2.31. The Labute approximate surface area is 171 Å². The molecule has 0 spiro atoms. The maximum absolute atomic E-state index is 4.95. The molecule has 8 bridgehead atoms. The molecule has 0 atom stereocenters. The monoisotopic (exact) mass is 384 g/mol. The minimum Gasteiger partial charge on any atom is -0.359 e. The van der Waals surface area contributed by atoms with Gasteiger partial charge in [-0.2, -0.15) is 0 Å². The molecule has 4 nitrogen and oxygen atoms in total. The molecule has 148 valence electrons. The molecule has 0 aliphatic carbocycles. The molecule has 0 aromatic carbocycles. The smallest absolute Gasteiger partial charge is 0.0487 e. The Morgan fingerprint density at radius 1 is 0.793 bits per heavy atom. The molecule has 2 aromatic heterocycles. The number of fused-ring (bicyclic) bond motifs is 6. The van der Waals surface area contributed by atoms with Crippen molar-refractivity contribution in [2.45, 2.75) is 47.0 Å². The molecule has 0 fully saturated rings. The minimum absolute atomic E-state index is 0.0267. The lowest BCUT2D eigenvalue weighted by atomic mass is 9.85. The summed E-state index contributed by atoms with van der Waals surface area (Å²) in [5.41, 5.74) is 6.97. The number of aromatic amines is 2. The molecule has 4 heteroatoms. The lowest BCUT2D eigenvalue weighted by Gasteiger charge is -2.17. The van der Waals surface area contributed by atoms with Crippen molar-refractivity contribution in [1.29, 1.82) is 0 Å². The van der Waals surface area contributed by atoms with Crippen molar-refractivity contribution in [3.63, 3.8) is 0 Å². The van der Waals surface area contributed by atoms with Crippen LogP contribution in [0.4, 0.5) is 0 Å². The van der Waals surface area contributed by atoms with Crippen LogP contribution in [0.1, 0.15) is 51.9 Å². The quantitative estimate of drug-likeness (QED) is 0.686. The Kier molecular flexibility index (Phi) is 3.95. The van der Waals surface area contributed by atoms with E-state index in [-0.39, 0.29) is 10.8 Å². The van der Waals surface area contributed by atoms with Gasteiger partial charge in [0, 0.05) is 75.0 Å². The number of rotatable bonds is 0. The van der Waals surface area contributed by atoms with Gasteiger partial charge in [-0.3, -0.25) is 9.98 Å². The number of H-pyrrole nitrogens is 2. The minimum atomic E-state index is 0.0267. The van der Waals surface area contributed by atoms with E-state index in [9.17, 15) is 0 Å². The van der Waals surface area contributed by atoms with E-state index in [0.29, 0.717) is 0 Å². The van der Waals surface area contributed by atoms with E-state index in [2.05, 4.69) is 86.2 Å². The van der Waals surface area contributed by atoms with Gasteiger partial charge in [0.05, 0.1) is 0 Å². The van der Waals surface area contributed by atoms with Gasteiger partial charge in [-0.15, -0.1) is 0 Å². The number of aliphatic imine (C=N–C) groups is 2. The van der Waals surface area contributed by atoms with Crippen LogP contribution in [0.15, 0.2) is 51.7 Å². The summed E-state index contributed by atoms with van der Waals surface area (Å²) in [5, 5.41) is 2.18. The van der Waals surface area contributed by atoms with E-state index in [4.69, 9.17) is 9.98 Å². The fraction of sp³-hybridized carbons (Fsp3) is 0.360. The van der Waals surface area contributed by atoms with Gasteiger partial charge >= 0.3 is 0 Å². The Morgan fingerprint density at radius 3 is 2.41 bits per heavy atom. The van der Waals surface area contributed by atoms with Gasteiger partial charge in [0.15, 0.2) is 0 Å². The lowest BCUT2D eigenvalue weighted by Crippen LogP contribution is -2.21. The molecule has 29 heavy (non-hydrogen) atoms.